The molecule has 3 amide bonds. The zero-order chi connectivity index (χ0) is 27.9. The number of hydrogen-bond acceptors (Lipinski definition) is 7. The van der Waals surface area contributed by atoms with Gasteiger partial charge in [-0.15, -0.1) is 0 Å². The summed E-state index contributed by atoms with van der Waals surface area (Å²) < 4.78 is 1.46. The molecule has 5 N–H and O–H groups in total. The molecule has 0 bridgehead atoms. The fraction of sp³-hybridized carbons (Fsp3) is 0.571. The van der Waals surface area contributed by atoms with Crippen molar-refractivity contribution in [3.63, 3.8) is 0 Å². The number of rotatable bonds is 8. The van der Waals surface area contributed by atoms with E-state index in [0.29, 0.717) is 43.3 Å². The van der Waals surface area contributed by atoms with Crippen molar-refractivity contribution in [3.05, 3.63) is 52.6 Å². The predicted molar refractivity (Wildman–Crippen MR) is 149 cm³/mol. The molecule has 2 saturated carbocycles. The highest BCUT2D eigenvalue weighted by molar-refractivity contribution is 5.89. The molecule has 0 spiro atoms. The number of hydrogen-bond donors (Lipinski definition) is 3. The summed E-state index contributed by atoms with van der Waals surface area (Å²) in [6, 6.07) is 9.84. The molecule has 39 heavy (non-hydrogen) atoms. The molecule has 2 aromatic rings. The fourth-order valence-electron chi connectivity index (χ4n) is 6.10. The lowest BCUT2D eigenvalue weighted by molar-refractivity contribution is -0.137. The molecule has 210 valence electrons. The molecular weight excluding hydrogens is 496 g/mol. The number of nitrogens with zero attached hydrogens (tertiary/aromatic N) is 5. The van der Waals surface area contributed by atoms with Crippen molar-refractivity contribution in [2.75, 3.05) is 44.6 Å². The normalized spacial score (nSPS) is 24.3. The Morgan fingerprint density at radius 3 is 2.31 bits per heavy atom. The summed E-state index contributed by atoms with van der Waals surface area (Å²) in [5.74, 6) is 0.800. The molecule has 2 heterocycles. The van der Waals surface area contributed by atoms with Gasteiger partial charge in [-0.25, -0.2) is 9.59 Å². The van der Waals surface area contributed by atoms with E-state index in [1.165, 1.54) is 23.0 Å². The maximum atomic E-state index is 12.8. The Kier molecular flexibility index (Phi) is 7.25. The van der Waals surface area contributed by atoms with E-state index in [1.807, 2.05) is 12.1 Å². The van der Waals surface area contributed by atoms with Crippen LogP contribution >= 0.6 is 0 Å². The van der Waals surface area contributed by atoms with Gasteiger partial charge in [-0.1, -0.05) is 19.1 Å². The van der Waals surface area contributed by atoms with Crippen LogP contribution in [0.25, 0.3) is 5.69 Å². The third kappa shape index (κ3) is 5.43. The first-order chi connectivity index (χ1) is 18.5. The number of urea groups is 1. The average molecular weight is 537 g/mol. The van der Waals surface area contributed by atoms with Crippen LogP contribution in [0.3, 0.4) is 0 Å². The van der Waals surface area contributed by atoms with Gasteiger partial charge in [-0.3, -0.25) is 19.6 Å². The van der Waals surface area contributed by atoms with E-state index in [2.05, 4.69) is 34.3 Å². The highest BCUT2D eigenvalue weighted by atomic mass is 16.2. The molecule has 0 radical (unpaired) electrons. The molecule has 2 aliphatic carbocycles. The molecule has 3 fully saturated rings. The van der Waals surface area contributed by atoms with Crippen molar-refractivity contribution in [1.29, 1.82) is 0 Å². The molecule has 1 aromatic heterocycles. The first-order valence-corrected chi connectivity index (χ1v) is 13.8. The molecule has 3 atom stereocenters. The minimum absolute atomic E-state index is 0.140. The van der Waals surface area contributed by atoms with Gasteiger partial charge in [-0.2, -0.15) is 4.98 Å². The SMILES string of the molecule is CCN(Cc1ccc(-n2ccc(NC(=O)N3CCN(C(=O)C(C)(C)N)CC3)nc2=O)cc1)C1CC2(CN)CC12. The smallest absolute Gasteiger partial charge is 0.338 e. The van der Waals surface area contributed by atoms with Gasteiger partial charge >= 0.3 is 11.7 Å². The average Bonchev–Trinajstić information content (AvgIpc) is 3.51. The van der Waals surface area contributed by atoms with E-state index >= 15 is 0 Å². The van der Waals surface area contributed by atoms with Gasteiger partial charge in [0.2, 0.25) is 5.91 Å². The second-order valence-electron chi connectivity index (χ2n) is 11.8. The van der Waals surface area contributed by atoms with E-state index < -0.39 is 11.2 Å². The lowest BCUT2D eigenvalue weighted by atomic mass is 9.79. The number of piperazine rings is 1. The number of nitrogens with two attached hydrogens (primary N) is 2. The predicted octanol–water partition coefficient (Wildman–Crippen LogP) is 1.21. The van der Waals surface area contributed by atoms with E-state index in [-0.39, 0.29) is 17.8 Å². The van der Waals surface area contributed by atoms with Gasteiger partial charge in [0.1, 0.15) is 5.82 Å². The van der Waals surface area contributed by atoms with Gasteiger partial charge in [0, 0.05) is 45.0 Å². The van der Waals surface area contributed by atoms with Crippen LogP contribution in [0.5, 0.6) is 0 Å². The number of anilines is 1. The Balaban J connectivity index is 1.16. The number of carbonyl (C=O) groups is 2. The van der Waals surface area contributed by atoms with Crippen LogP contribution in [0, 0.1) is 11.3 Å². The van der Waals surface area contributed by atoms with Crippen LogP contribution in [0.15, 0.2) is 41.3 Å². The van der Waals surface area contributed by atoms with Crippen LogP contribution in [0.4, 0.5) is 10.6 Å². The molecule has 1 aliphatic heterocycles. The lowest BCUT2D eigenvalue weighted by Gasteiger charge is -2.41. The monoisotopic (exact) mass is 536 g/mol. The Bertz CT molecular complexity index is 1280. The van der Waals surface area contributed by atoms with Crippen molar-refractivity contribution in [1.82, 2.24) is 24.3 Å². The second kappa shape index (κ2) is 10.4. The van der Waals surface area contributed by atoms with Crippen molar-refractivity contribution < 1.29 is 9.59 Å². The Labute approximate surface area is 229 Å². The Morgan fingerprint density at radius 2 is 1.77 bits per heavy atom. The standard InChI is InChI=1S/C28H40N8O3/c1-4-33(22-16-28(18-29)15-21(22)28)17-19-5-7-20(8-6-19)36-10-9-23(32-26(36)39)31-25(38)35-13-11-34(12-14-35)24(37)27(2,3)30/h5-10,21-22H,4,11-18,29-30H2,1-3H3,(H,31,32,38,39). The van der Waals surface area contributed by atoms with Gasteiger partial charge in [-0.05, 0) is 74.9 Å². The summed E-state index contributed by atoms with van der Waals surface area (Å²) in [5.41, 5.74) is 12.8. The van der Waals surface area contributed by atoms with E-state index in [4.69, 9.17) is 11.5 Å². The molecule has 1 saturated heterocycles. The Hall–Kier alpha value is -3.28. The minimum atomic E-state index is -0.945. The zero-order valence-corrected chi connectivity index (χ0v) is 23.1. The van der Waals surface area contributed by atoms with Gasteiger partial charge < -0.3 is 21.3 Å². The fourth-order valence-corrected chi connectivity index (χ4v) is 6.10. The second-order valence-corrected chi connectivity index (χ2v) is 11.8. The van der Waals surface area contributed by atoms with Crippen molar-refractivity contribution in [3.8, 4) is 5.69 Å². The highest BCUT2D eigenvalue weighted by Crippen LogP contribution is 2.68. The first-order valence-electron chi connectivity index (χ1n) is 13.8. The molecule has 1 aromatic carbocycles. The first kappa shape index (κ1) is 27.3. The number of nitrogens with one attached hydrogen (secondary N) is 1. The Morgan fingerprint density at radius 1 is 1.10 bits per heavy atom. The van der Waals surface area contributed by atoms with Crippen LogP contribution in [0.2, 0.25) is 0 Å². The van der Waals surface area contributed by atoms with Crippen LogP contribution in [-0.2, 0) is 11.3 Å². The third-order valence-corrected chi connectivity index (χ3v) is 8.66. The minimum Gasteiger partial charge on any atom is -0.338 e. The summed E-state index contributed by atoms with van der Waals surface area (Å²) in [5, 5.41) is 2.70. The van der Waals surface area contributed by atoms with Gasteiger partial charge in [0.25, 0.3) is 0 Å². The highest BCUT2D eigenvalue weighted by Gasteiger charge is 2.67. The lowest BCUT2D eigenvalue weighted by Crippen LogP contribution is -2.58. The van der Waals surface area contributed by atoms with Crippen molar-refractivity contribution in [2.45, 2.75) is 51.7 Å². The van der Waals surface area contributed by atoms with Crippen LogP contribution < -0.4 is 22.5 Å². The summed E-state index contributed by atoms with van der Waals surface area (Å²) in [6.45, 7) is 9.80. The topological polar surface area (TPSA) is 143 Å². The molecule has 3 aliphatic rings. The summed E-state index contributed by atoms with van der Waals surface area (Å²) in [7, 11) is 0. The van der Waals surface area contributed by atoms with E-state index in [0.717, 1.165) is 25.6 Å². The number of carbonyl (C=O) groups excluding carboxylic acids is 2. The zero-order valence-electron chi connectivity index (χ0n) is 23.1. The van der Waals surface area contributed by atoms with Crippen molar-refractivity contribution in [2.24, 2.45) is 22.8 Å². The summed E-state index contributed by atoms with van der Waals surface area (Å²) in [4.78, 5) is 47.7. The van der Waals surface area contributed by atoms with E-state index in [1.54, 1.807) is 35.9 Å². The maximum absolute atomic E-state index is 12.8. The molecule has 3 unspecified atom stereocenters. The summed E-state index contributed by atoms with van der Waals surface area (Å²) in [6.07, 6.45) is 4.08. The molecule has 11 heteroatoms. The van der Waals surface area contributed by atoms with E-state index in [9.17, 15) is 14.4 Å². The number of amides is 3. The van der Waals surface area contributed by atoms with Gasteiger partial charge in [0.05, 0.1) is 11.2 Å². The van der Waals surface area contributed by atoms with Crippen LogP contribution in [-0.4, -0.2) is 87.0 Å². The van der Waals surface area contributed by atoms with Crippen LogP contribution in [0.1, 0.15) is 39.2 Å². The largest absolute Gasteiger partial charge is 0.354 e. The number of aromatic nitrogens is 2. The van der Waals surface area contributed by atoms with Gasteiger partial charge in [0.15, 0.2) is 0 Å². The third-order valence-electron chi connectivity index (χ3n) is 8.66. The maximum Gasteiger partial charge on any atom is 0.354 e. The quantitative estimate of drug-likeness (QED) is 0.460. The number of fused-ring (bicyclic) bond motifs is 1. The van der Waals surface area contributed by atoms with Crippen molar-refractivity contribution >= 4 is 17.8 Å². The molecular formula is C28H40N8O3. The number of benzene rings is 1. The molecule has 5 rings (SSSR count). The molecule has 11 nitrogen and oxygen atoms in total. The summed E-state index contributed by atoms with van der Waals surface area (Å²) >= 11 is 0.